The van der Waals surface area contributed by atoms with Crippen LogP contribution >= 0.6 is 23.4 Å². The van der Waals surface area contributed by atoms with Crippen molar-refractivity contribution in [1.29, 1.82) is 0 Å². The van der Waals surface area contributed by atoms with E-state index in [2.05, 4.69) is 15.2 Å². The van der Waals surface area contributed by atoms with Gasteiger partial charge in [0, 0.05) is 17.8 Å². The van der Waals surface area contributed by atoms with E-state index >= 15 is 0 Å². The van der Waals surface area contributed by atoms with Crippen LogP contribution in [0.1, 0.15) is 0 Å². The molecule has 1 aromatic heterocycles. The molecule has 0 atom stereocenters. The maximum Gasteiger partial charge on any atom is 0.237 e. The average Bonchev–Trinajstić information content (AvgIpc) is 3.15. The average molecular weight is 389 g/mol. The van der Waals surface area contributed by atoms with Gasteiger partial charge in [-0.2, -0.15) is 0 Å². The van der Waals surface area contributed by atoms with E-state index in [-0.39, 0.29) is 11.7 Å². The van der Waals surface area contributed by atoms with Crippen molar-refractivity contribution in [3.05, 3.63) is 53.6 Å². The zero-order valence-corrected chi connectivity index (χ0v) is 15.8. The Morgan fingerprint density at radius 1 is 1.27 bits per heavy atom. The zero-order valence-electron chi connectivity index (χ0n) is 14.3. The van der Waals surface area contributed by atoms with Crippen LogP contribution in [0, 0.1) is 0 Å². The van der Waals surface area contributed by atoms with Crippen LogP contribution in [0.15, 0.2) is 53.7 Å². The van der Waals surface area contributed by atoms with Crippen LogP contribution in [0.25, 0.3) is 11.4 Å². The van der Waals surface area contributed by atoms with Gasteiger partial charge in [0.2, 0.25) is 11.1 Å². The molecule has 0 spiro atoms. The van der Waals surface area contributed by atoms with Crippen LogP contribution in [0.2, 0.25) is 5.02 Å². The SMILES string of the molecule is COc1ccc(Cl)cc1-c1nc(SCC(=O)N(C)c2ccccc2)n[nH]1. The number of hydrogen-bond donors (Lipinski definition) is 1. The lowest BCUT2D eigenvalue weighted by Crippen LogP contribution is -2.27. The number of halogens is 1. The molecule has 0 unspecified atom stereocenters. The molecule has 0 fully saturated rings. The van der Waals surface area contributed by atoms with Gasteiger partial charge in [-0.3, -0.25) is 9.89 Å². The number of aromatic amines is 1. The van der Waals surface area contributed by atoms with Gasteiger partial charge in [0.25, 0.3) is 0 Å². The topological polar surface area (TPSA) is 71.1 Å². The molecule has 0 aliphatic heterocycles. The number of para-hydroxylation sites is 1. The number of rotatable bonds is 6. The van der Waals surface area contributed by atoms with Gasteiger partial charge in [0.15, 0.2) is 5.82 Å². The van der Waals surface area contributed by atoms with Crippen LogP contribution in [-0.4, -0.2) is 41.0 Å². The molecule has 2 aromatic carbocycles. The Labute approximate surface area is 160 Å². The summed E-state index contributed by atoms with van der Waals surface area (Å²) in [6.07, 6.45) is 0. The van der Waals surface area contributed by atoms with Crippen molar-refractivity contribution < 1.29 is 9.53 Å². The third-order valence-electron chi connectivity index (χ3n) is 3.72. The number of aromatic nitrogens is 3. The van der Waals surface area contributed by atoms with Crippen molar-refractivity contribution in [2.45, 2.75) is 5.16 Å². The number of thioether (sulfide) groups is 1. The second kappa shape index (κ2) is 8.25. The second-order valence-corrected chi connectivity index (χ2v) is 6.77. The summed E-state index contributed by atoms with van der Waals surface area (Å²) in [7, 11) is 3.33. The fraction of sp³-hybridized carbons (Fsp3) is 0.167. The number of carbonyl (C=O) groups excluding carboxylic acids is 1. The Morgan fingerprint density at radius 2 is 2.04 bits per heavy atom. The highest BCUT2D eigenvalue weighted by Crippen LogP contribution is 2.31. The monoisotopic (exact) mass is 388 g/mol. The molecule has 26 heavy (non-hydrogen) atoms. The van der Waals surface area contributed by atoms with Crippen LogP contribution in [-0.2, 0) is 4.79 Å². The smallest absolute Gasteiger partial charge is 0.237 e. The summed E-state index contributed by atoms with van der Waals surface area (Å²) in [5, 5.41) is 8.08. The van der Waals surface area contributed by atoms with E-state index in [1.165, 1.54) is 11.8 Å². The first kappa shape index (κ1) is 18.3. The van der Waals surface area contributed by atoms with Crippen molar-refractivity contribution in [3.8, 4) is 17.1 Å². The molecule has 8 heteroatoms. The fourth-order valence-corrected chi connectivity index (χ4v) is 3.20. The fourth-order valence-electron chi connectivity index (χ4n) is 2.32. The van der Waals surface area contributed by atoms with Crippen LogP contribution < -0.4 is 9.64 Å². The van der Waals surface area contributed by atoms with E-state index in [1.807, 2.05) is 30.3 Å². The lowest BCUT2D eigenvalue weighted by atomic mass is 10.2. The number of nitrogens with zero attached hydrogens (tertiary/aromatic N) is 3. The minimum atomic E-state index is -0.0344. The largest absolute Gasteiger partial charge is 0.496 e. The summed E-state index contributed by atoms with van der Waals surface area (Å²) < 4.78 is 5.33. The molecule has 3 aromatic rings. The van der Waals surface area contributed by atoms with Crippen LogP contribution in [0.5, 0.6) is 5.75 Å². The van der Waals surface area contributed by atoms with Gasteiger partial charge in [-0.05, 0) is 30.3 Å². The highest BCUT2D eigenvalue weighted by Gasteiger charge is 2.15. The van der Waals surface area contributed by atoms with Crippen molar-refractivity contribution in [1.82, 2.24) is 15.2 Å². The molecular weight excluding hydrogens is 372 g/mol. The quantitative estimate of drug-likeness (QED) is 0.648. The number of hydrogen-bond acceptors (Lipinski definition) is 5. The highest BCUT2D eigenvalue weighted by atomic mass is 35.5. The number of ether oxygens (including phenoxy) is 1. The summed E-state index contributed by atoms with van der Waals surface area (Å²) >= 11 is 7.32. The molecule has 1 heterocycles. The van der Waals surface area contributed by atoms with Gasteiger partial charge in [-0.15, -0.1) is 5.10 Å². The van der Waals surface area contributed by atoms with E-state index in [1.54, 1.807) is 37.3 Å². The molecule has 0 radical (unpaired) electrons. The Hall–Kier alpha value is -2.51. The molecule has 0 aliphatic carbocycles. The molecule has 1 N–H and O–H groups in total. The van der Waals surface area contributed by atoms with Gasteiger partial charge in [-0.1, -0.05) is 41.6 Å². The summed E-state index contributed by atoms with van der Waals surface area (Å²) in [5.41, 5.74) is 1.56. The molecule has 0 saturated carbocycles. The number of benzene rings is 2. The van der Waals surface area contributed by atoms with E-state index in [9.17, 15) is 4.79 Å². The molecule has 6 nitrogen and oxygen atoms in total. The standard InChI is InChI=1S/C18H17ClN4O2S/c1-23(13-6-4-3-5-7-13)16(24)11-26-18-20-17(21-22-18)14-10-12(19)8-9-15(14)25-2/h3-10H,11H2,1-2H3,(H,20,21,22). The predicted molar refractivity (Wildman–Crippen MR) is 104 cm³/mol. The van der Waals surface area contributed by atoms with Gasteiger partial charge in [0.1, 0.15) is 5.75 Å². The summed E-state index contributed by atoms with van der Waals surface area (Å²) in [5.74, 6) is 1.38. The number of carbonyl (C=O) groups is 1. The first-order chi connectivity index (χ1) is 12.6. The lowest BCUT2D eigenvalue weighted by Gasteiger charge is -2.16. The van der Waals surface area contributed by atoms with E-state index in [0.29, 0.717) is 27.3 Å². The molecule has 0 bridgehead atoms. The summed E-state index contributed by atoms with van der Waals surface area (Å²) in [4.78, 5) is 18.4. The molecule has 1 amide bonds. The summed E-state index contributed by atoms with van der Waals surface area (Å²) in [6.45, 7) is 0. The molecular formula is C18H17ClN4O2S. The van der Waals surface area contributed by atoms with Gasteiger partial charge in [-0.25, -0.2) is 4.98 Å². The Bertz CT molecular complexity index is 901. The number of H-pyrrole nitrogens is 1. The number of methoxy groups -OCH3 is 1. The van der Waals surface area contributed by atoms with Crippen molar-refractivity contribution in [2.24, 2.45) is 0 Å². The molecule has 0 aliphatic rings. The Balaban J connectivity index is 1.68. The minimum absolute atomic E-state index is 0.0344. The third-order valence-corrected chi connectivity index (χ3v) is 4.79. The van der Waals surface area contributed by atoms with Crippen molar-refractivity contribution in [2.75, 3.05) is 24.8 Å². The summed E-state index contributed by atoms with van der Waals surface area (Å²) in [6, 6.07) is 14.7. The number of nitrogens with one attached hydrogen (secondary N) is 1. The minimum Gasteiger partial charge on any atom is -0.496 e. The maximum atomic E-state index is 12.3. The third kappa shape index (κ3) is 4.17. The molecule has 0 saturated heterocycles. The first-order valence-corrected chi connectivity index (χ1v) is 9.15. The zero-order chi connectivity index (χ0) is 18.5. The molecule has 3 rings (SSSR count). The predicted octanol–water partition coefficient (Wildman–Crippen LogP) is 3.89. The maximum absolute atomic E-state index is 12.3. The first-order valence-electron chi connectivity index (χ1n) is 7.79. The van der Waals surface area contributed by atoms with E-state index < -0.39 is 0 Å². The molecule has 134 valence electrons. The van der Waals surface area contributed by atoms with Crippen LogP contribution in [0.4, 0.5) is 5.69 Å². The van der Waals surface area contributed by atoms with Crippen LogP contribution in [0.3, 0.4) is 0 Å². The Kier molecular flexibility index (Phi) is 5.80. The van der Waals surface area contributed by atoms with Crippen molar-refractivity contribution in [3.63, 3.8) is 0 Å². The van der Waals surface area contributed by atoms with E-state index in [4.69, 9.17) is 16.3 Å². The van der Waals surface area contributed by atoms with E-state index in [0.717, 1.165) is 5.69 Å². The highest BCUT2D eigenvalue weighted by molar-refractivity contribution is 7.99. The normalized spacial score (nSPS) is 10.6. The second-order valence-electron chi connectivity index (χ2n) is 5.39. The Morgan fingerprint density at radius 3 is 2.77 bits per heavy atom. The van der Waals surface area contributed by atoms with Crippen molar-refractivity contribution >= 4 is 35.0 Å². The van der Waals surface area contributed by atoms with Gasteiger partial charge < -0.3 is 9.64 Å². The number of anilines is 1. The van der Waals surface area contributed by atoms with Gasteiger partial charge in [0.05, 0.1) is 18.4 Å². The van der Waals surface area contributed by atoms with Gasteiger partial charge >= 0.3 is 0 Å². The number of amides is 1. The lowest BCUT2D eigenvalue weighted by molar-refractivity contribution is -0.115.